The highest BCUT2D eigenvalue weighted by atomic mass is 32.2. The first-order valence-corrected chi connectivity index (χ1v) is 10.5. The molecule has 1 spiro atoms. The summed E-state index contributed by atoms with van der Waals surface area (Å²) in [5.74, 6) is 2.39. The minimum absolute atomic E-state index is 0.143. The fraction of sp³-hybridized carbons (Fsp3) is 0.556. The normalized spacial score (nSPS) is 19.0. The number of nitrogens with zero attached hydrogens (tertiary/aromatic N) is 3. The molecule has 1 saturated heterocycles. The molecular weight excluding hydrogens is 370 g/mol. The van der Waals surface area contributed by atoms with Crippen molar-refractivity contribution in [3.05, 3.63) is 18.5 Å². The lowest BCUT2D eigenvalue weighted by Crippen LogP contribution is -2.62. The molecule has 8 nitrogen and oxygen atoms in total. The van der Waals surface area contributed by atoms with E-state index < -0.39 is 10.1 Å². The average molecular weight is 393 g/mol. The van der Waals surface area contributed by atoms with Crippen LogP contribution < -0.4 is 14.4 Å². The van der Waals surface area contributed by atoms with Gasteiger partial charge in [0, 0.05) is 30.0 Å². The molecule has 0 unspecified atom stereocenters. The first kappa shape index (κ1) is 18.2. The SMILES string of the molecule is COc1cc2ncnc(N3CC4(CC(CCS(=O)(=O)O)C4)C3)c2cc1OC. The van der Waals surface area contributed by atoms with E-state index in [9.17, 15) is 8.42 Å². The van der Waals surface area contributed by atoms with Crippen LogP contribution in [0, 0.1) is 11.3 Å². The smallest absolute Gasteiger partial charge is 0.264 e. The van der Waals surface area contributed by atoms with Crippen LogP contribution in [-0.4, -0.2) is 56.0 Å². The number of anilines is 1. The van der Waals surface area contributed by atoms with Gasteiger partial charge in [0.15, 0.2) is 11.5 Å². The van der Waals surface area contributed by atoms with Crippen molar-refractivity contribution in [2.24, 2.45) is 11.3 Å². The van der Waals surface area contributed by atoms with Crippen LogP contribution in [0.3, 0.4) is 0 Å². The topological polar surface area (TPSA) is 102 Å². The third-order valence-electron chi connectivity index (χ3n) is 5.70. The van der Waals surface area contributed by atoms with Gasteiger partial charge in [0.05, 0.1) is 25.5 Å². The van der Waals surface area contributed by atoms with Crippen molar-refractivity contribution < 1.29 is 22.4 Å². The van der Waals surface area contributed by atoms with Crippen molar-refractivity contribution in [2.75, 3.05) is 38.0 Å². The molecule has 0 radical (unpaired) electrons. The average Bonchev–Trinajstić information content (AvgIpc) is 2.56. The van der Waals surface area contributed by atoms with Gasteiger partial charge in [0.1, 0.15) is 12.1 Å². The summed E-state index contributed by atoms with van der Waals surface area (Å²) in [4.78, 5) is 11.1. The summed E-state index contributed by atoms with van der Waals surface area (Å²) in [7, 11) is -0.660. The number of hydrogen-bond acceptors (Lipinski definition) is 7. The van der Waals surface area contributed by atoms with Crippen molar-refractivity contribution >= 4 is 26.8 Å². The first-order valence-electron chi connectivity index (χ1n) is 8.89. The Morgan fingerprint density at radius 2 is 1.85 bits per heavy atom. The van der Waals surface area contributed by atoms with Gasteiger partial charge in [-0.1, -0.05) is 0 Å². The standard InChI is InChI=1S/C18H23N3O5S/c1-25-15-5-13-14(6-16(15)26-2)19-11-20-17(13)21-9-18(10-21)7-12(8-18)3-4-27(22,23)24/h5-6,11-12H,3-4,7-10H2,1-2H3,(H,22,23,24). The molecule has 2 fully saturated rings. The molecule has 0 amide bonds. The van der Waals surface area contributed by atoms with Crippen molar-refractivity contribution in [3.8, 4) is 11.5 Å². The van der Waals surface area contributed by atoms with Gasteiger partial charge in [-0.25, -0.2) is 9.97 Å². The maximum absolute atomic E-state index is 10.9. The van der Waals surface area contributed by atoms with Gasteiger partial charge in [-0.2, -0.15) is 8.42 Å². The van der Waals surface area contributed by atoms with Gasteiger partial charge in [-0.15, -0.1) is 0 Å². The minimum Gasteiger partial charge on any atom is -0.493 e. The van der Waals surface area contributed by atoms with Gasteiger partial charge in [0.25, 0.3) is 10.1 Å². The van der Waals surface area contributed by atoms with Crippen molar-refractivity contribution in [2.45, 2.75) is 19.3 Å². The van der Waals surface area contributed by atoms with E-state index in [4.69, 9.17) is 14.0 Å². The molecule has 0 atom stereocenters. The van der Waals surface area contributed by atoms with Crippen LogP contribution in [0.2, 0.25) is 0 Å². The van der Waals surface area contributed by atoms with Crippen LogP contribution >= 0.6 is 0 Å². The molecule has 1 aliphatic carbocycles. The predicted molar refractivity (Wildman–Crippen MR) is 101 cm³/mol. The molecule has 27 heavy (non-hydrogen) atoms. The monoisotopic (exact) mass is 393 g/mol. The van der Waals surface area contributed by atoms with Crippen LogP contribution in [0.15, 0.2) is 18.5 Å². The number of ether oxygens (including phenoxy) is 2. The van der Waals surface area contributed by atoms with E-state index >= 15 is 0 Å². The van der Waals surface area contributed by atoms with Crippen molar-refractivity contribution in [3.63, 3.8) is 0 Å². The number of methoxy groups -OCH3 is 2. The number of fused-ring (bicyclic) bond motifs is 1. The Labute approximate surface area is 158 Å². The molecule has 2 aromatic rings. The maximum Gasteiger partial charge on any atom is 0.264 e. The second kappa shape index (κ2) is 6.49. The van der Waals surface area contributed by atoms with Crippen LogP contribution in [0.25, 0.3) is 10.9 Å². The first-order chi connectivity index (χ1) is 12.8. The summed E-state index contributed by atoms with van der Waals surface area (Å²) in [6, 6.07) is 3.76. The highest BCUT2D eigenvalue weighted by molar-refractivity contribution is 7.85. The fourth-order valence-corrected chi connectivity index (χ4v) is 5.11. The Morgan fingerprint density at radius 3 is 2.48 bits per heavy atom. The Kier molecular flexibility index (Phi) is 4.38. The van der Waals surface area contributed by atoms with Crippen molar-refractivity contribution in [1.29, 1.82) is 0 Å². The van der Waals surface area contributed by atoms with Crippen LogP contribution in [0.1, 0.15) is 19.3 Å². The molecule has 1 aromatic carbocycles. The fourth-order valence-electron chi connectivity index (χ4n) is 4.48. The predicted octanol–water partition coefficient (Wildman–Crippen LogP) is 2.14. The number of rotatable bonds is 6. The lowest BCUT2D eigenvalue weighted by molar-refractivity contribution is 0.0218. The zero-order chi connectivity index (χ0) is 19.2. The van der Waals surface area contributed by atoms with E-state index in [1.54, 1.807) is 20.5 Å². The van der Waals surface area contributed by atoms with Crippen LogP contribution in [-0.2, 0) is 10.1 Å². The number of hydrogen-bond donors (Lipinski definition) is 1. The van der Waals surface area contributed by atoms with Gasteiger partial charge in [-0.3, -0.25) is 4.55 Å². The lowest BCUT2D eigenvalue weighted by atomic mass is 9.57. The van der Waals surface area contributed by atoms with E-state index in [1.165, 1.54) is 0 Å². The Balaban J connectivity index is 1.46. The highest BCUT2D eigenvalue weighted by Gasteiger charge is 2.52. The van der Waals surface area contributed by atoms with E-state index in [0.29, 0.717) is 23.8 Å². The molecule has 1 saturated carbocycles. The molecule has 1 aliphatic heterocycles. The van der Waals surface area contributed by atoms with Crippen LogP contribution in [0.5, 0.6) is 11.5 Å². The van der Waals surface area contributed by atoms with E-state index in [2.05, 4.69) is 14.9 Å². The molecule has 9 heteroatoms. The van der Waals surface area contributed by atoms with E-state index in [0.717, 1.165) is 42.7 Å². The minimum atomic E-state index is -3.86. The third-order valence-corrected chi connectivity index (χ3v) is 6.45. The summed E-state index contributed by atoms with van der Waals surface area (Å²) in [6.45, 7) is 1.80. The molecule has 146 valence electrons. The van der Waals surface area contributed by atoms with E-state index in [-0.39, 0.29) is 11.2 Å². The number of aromatic nitrogens is 2. The van der Waals surface area contributed by atoms with Gasteiger partial charge < -0.3 is 14.4 Å². The zero-order valence-corrected chi connectivity index (χ0v) is 16.2. The molecule has 0 bridgehead atoms. The highest BCUT2D eigenvalue weighted by Crippen LogP contribution is 2.54. The maximum atomic E-state index is 10.9. The molecular formula is C18H23N3O5S. The van der Waals surface area contributed by atoms with Gasteiger partial charge in [0.2, 0.25) is 0 Å². The van der Waals surface area contributed by atoms with E-state index in [1.807, 2.05) is 12.1 Å². The lowest BCUT2D eigenvalue weighted by Gasteiger charge is -2.59. The van der Waals surface area contributed by atoms with Gasteiger partial charge >= 0.3 is 0 Å². The summed E-state index contributed by atoms with van der Waals surface area (Å²) >= 11 is 0. The van der Waals surface area contributed by atoms with Gasteiger partial charge in [-0.05, 0) is 31.2 Å². The molecule has 2 heterocycles. The third kappa shape index (κ3) is 3.41. The summed E-state index contributed by atoms with van der Waals surface area (Å²) in [6.07, 6.45) is 4.09. The van der Waals surface area contributed by atoms with Crippen molar-refractivity contribution in [1.82, 2.24) is 9.97 Å². The molecule has 2 aliphatic rings. The summed E-state index contributed by atoms with van der Waals surface area (Å²) in [5.41, 5.74) is 1.05. The van der Waals surface area contributed by atoms with Crippen LogP contribution in [0.4, 0.5) is 5.82 Å². The largest absolute Gasteiger partial charge is 0.493 e. The number of benzene rings is 1. The Hall–Kier alpha value is -2.13. The second-order valence-electron chi connectivity index (χ2n) is 7.63. The zero-order valence-electron chi connectivity index (χ0n) is 15.4. The molecule has 4 rings (SSSR count). The second-order valence-corrected chi connectivity index (χ2v) is 9.20. The Morgan fingerprint density at radius 1 is 1.19 bits per heavy atom. The molecule has 1 N–H and O–H groups in total. The Bertz CT molecular complexity index is 964. The quantitative estimate of drug-likeness (QED) is 0.745. The summed E-state index contributed by atoms with van der Waals surface area (Å²) < 4.78 is 41.4. The summed E-state index contributed by atoms with van der Waals surface area (Å²) in [5, 5.41) is 0.923. The molecule has 1 aromatic heterocycles.